The largest absolute Gasteiger partial charge is 0.364 e. The van der Waals surface area contributed by atoms with E-state index in [1.807, 2.05) is 6.07 Å². The maximum Gasteiger partial charge on any atom is 0.294 e. The summed E-state index contributed by atoms with van der Waals surface area (Å²) >= 11 is 6.81. The minimum Gasteiger partial charge on any atom is -0.364 e. The summed E-state index contributed by atoms with van der Waals surface area (Å²) in [7, 11) is 0. The van der Waals surface area contributed by atoms with Crippen molar-refractivity contribution in [3.63, 3.8) is 0 Å². The number of carbonyl (C=O) groups excluding carboxylic acids is 3. The van der Waals surface area contributed by atoms with Crippen LogP contribution < -0.4 is 10.2 Å². The maximum atomic E-state index is 12.9. The lowest BCUT2D eigenvalue weighted by Gasteiger charge is -2.50. The van der Waals surface area contributed by atoms with Crippen LogP contribution in [0, 0.1) is 0 Å². The smallest absolute Gasteiger partial charge is 0.294 e. The second kappa shape index (κ2) is 9.70. The quantitative estimate of drug-likeness (QED) is 0.463. The number of benzene rings is 2. The van der Waals surface area contributed by atoms with Gasteiger partial charge in [0.15, 0.2) is 0 Å². The number of rotatable bonds is 5. The molecule has 0 radical (unpaired) electrons. The van der Waals surface area contributed by atoms with Crippen molar-refractivity contribution in [3.05, 3.63) is 63.5 Å². The van der Waals surface area contributed by atoms with Crippen LogP contribution in [-0.4, -0.2) is 40.1 Å². The van der Waals surface area contributed by atoms with Crippen LogP contribution in [0.5, 0.6) is 0 Å². The standard InChI is InChI=1S/C27H30ClN3O3S/c1-16(2)31-22-10-9-18(11-21(22)17(3)14-27(31,4)5)12-23-25(33)30(26(34)35-23)15-24(32)29-20-8-6-7-19(28)13-20/h6-13,16-17H,14-15H2,1-5H3,(H,29,32)/b23-12-. The number of halogens is 1. The molecule has 1 atom stereocenters. The minimum atomic E-state index is -0.463. The molecule has 2 heterocycles. The highest BCUT2D eigenvalue weighted by Gasteiger charge is 2.38. The van der Waals surface area contributed by atoms with E-state index in [4.69, 9.17) is 11.6 Å². The molecule has 184 valence electrons. The van der Waals surface area contributed by atoms with E-state index in [1.54, 1.807) is 30.3 Å². The SMILES string of the molecule is CC1CC(C)(C)N(C(C)C)c2ccc(/C=C3\SC(=O)N(CC(=O)Nc4cccc(Cl)c4)C3=O)cc21. The summed E-state index contributed by atoms with van der Waals surface area (Å²) in [4.78, 5) is 41.7. The van der Waals surface area contributed by atoms with Crippen molar-refractivity contribution in [2.75, 3.05) is 16.8 Å². The van der Waals surface area contributed by atoms with Gasteiger partial charge >= 0.3 is 0 Å². The molecule has 0 spiro atoms. The first-order chi connectivity index (χ1) is 16.5. The van der Waals surface area contributed by atoms with Crippen LogP contribution in [-0.2, 0) is 9.59 Å². The van der Waals surface area contributed by atoms with Gasteiger partial charge in [-0.25, -0.2) is 0 Å². The number of amides is 3. The monoisotopic (exact) mass is 511 g/mol. The van der Waals surface area contributed by atoms with Gasteiger partial charge < -0.3 is 10.2 Å². The van der Waals surface area contributed by atoms with Gasteiger partial charge in [-0.1, -0.05) is 30.7 Å². The van der Waals surface area contributed by atoms with E-state index in [1.165, 1.54) is 11.3 Å². The van der Waals surface area contributed by atoms with Crippen LogP contribution in [0.2, 0.25) is 5.02 Å². The first kappa shape index (κ1) is 25.3. The molecule has 2 aromatic rings. The number of thioether (sulfide) groups is 1. The van der Waals surface area contributed by atoms with E-state index in [2.05, 4.69) is 57.0 Å². The van der Waals surface area contributed by atoms with Gasteiger partial charge in [0.25, 0.3) is 11.1 Å². The van der Waals surface area contributed by atoms with Crippen molar-refractivity contribution < 1.29 is 14.4 Å². The molecular weight excluding hydrogens is 482 g/mol. The van der Waals surface area contributed by atoms with E-state index in [9.17, 15) is 14.4 Å². The normalized spacial score (nSPS) is 20.5. The lowest BCUT2D eigenvalue weighted by Crippen LogP contribution is -2.51. The van der Waals surface area contributed by atoms with Crippen molar-refractivity contribution in [2.24, 2.45) is 0 Å². The Balaban J connectivity index is 1.53. The lowest BCUT2D eigenvalue weighted by molar-refractivity contribution is -0.127. The topological polar surface area (TPSA) is 69.7 Å². The lowest BCUT2D eigenvalue weighted by atomic mass is 9.79. The number of imide groups is 1. The zero-order valence-electron chi connectivity index (χ0n) is 20.6. The van der Waals surface area contributed by atoms with Crippen LogP contribution >= 0.6 is 23.4 Å². The van der Waals surface area contributed by atoms with Crippen molar-refractivity contribution in [1.82, 2.24) is 4.90 Å². The average Bonchev–Trinajstić information content (AvgIpc) is 3.00. The Bertz CT molecular complexity index is 1220. The molecule has 0 bridgehead atoms. The molecule has 6 nitrogen and oxygen atoms in total. The Morgan fingerprint density at radius 1 is 1.23 bits per heavy atom. The molecule has 0 aromatic heterocycles. The van der Waals surface area contributed by atoms with Crippen molar-refractivity contribution >= 4 is 57.9 Å². The first-order valence-corrected chi connectivity index (χ1v) is 12.9. The number of fused-ring (bicyclic) bond motifs is 1. The highest BCUT2D eigenvalue weighted by Crippen LogP contribution is 2.45. The van der Waals surface area contributed by atoms with Crippen LogP contribution in [0.25, 0.3) is 6.08 Å². The van der Waals surface area contributed by atoms with Gasteiger partial charge in [0, 0.05) is 28.0 Å². The number of carbonyl (C=O) groups is 3. The fraction of sp³-hybridized carbons (Fsp3) is 0.370. The van der Waals surface area contributed by atoms with Gasteiger partial charge in [-0.2, -0.15) is 0 Å². The van der Waals surface area contributed by atoms with Crippen LogP contribution in [0.4, 0.5) is 16.2 Å². The summed E-state index contributed by atoms with van der Waals surface area (Å²) in [5, 5.41) is 2.70. The molecule has 3 amide bonds. The van der Waals surface area contributed by atoms with E-state index >= 15 is 0 Å². The third-order valence-corrected chi connectivity index (χ3v) is 7.54. The van der Waals surface area contributed by atoms with Gasteiger partial charge in [0.1, 0.15) is 6.54 Å². The summed E-state index contributed by atoms with van der Waals surface area (Å²) in [6.07, 6.45) is 2.77. The number of anilines is 2. The van der Waals surface area contributed by atoms with Gasteiger partial charge in [0.2, 0.25) is 5.91 Å². The minimum absolute atomic E-state index is 0.0520. The molecule has 35 heavy (non-hydrogen) atoms. The molecule has 2 aliphatic rings. The zero-order valence-corrected chi connectivity index (χ0v) is 22.2. The van der Waals surface area contributed by atoms with Crippen LogP contribution in [0.3, 0.4) is 0 Å². The number of hydrogen-bond acceptors (Lipinski definition) is 5. The van der Waals surface area contributed by atoms with E-state index in [0.29, 0.717) is 27.6 Å². The summed E-state index contributed by atoms with van der Waals surface area (Å²) in [5.74, 6) is -0.555. The number of nitrogens with one attached hydrogen (secondary N) is 1. The fourth-order valence-corrected chi connectivity index (χ4v) is 6.26. The predicted octanol–water partition coefficient (Wildman–Crippen LogP) is 6.52. The highest BCUT2D eigenvalue weighted by molar-refractivity contribution is 8.18. The Labute approximate surface area is 215 Å². The van der Waals surface area contributed by atoms with Gasteiger partial charge in [-0.05, 0) is 99.3 Å². The maximum absolute atomic E-state index is 12.9. The second-order valence-corrected chi connectivity index (χ2v) is 11.5. The molecule has 2 aliphatic heterocycles. The van der Waals surface area contributed by atoms with E-state index in [-0.39, 0.29) is 12.1 Å². The van der Waals surface area contributed by atoms with Gasteiger partial charge in [0.05, 0.1) is 4.91 Å². The predicted molar refractivity (Wildman–Crippen MR) is 144 cm³/mol. The van der Waals surface area contributed by atoms with E-state index < -0.39 is 17.1 Å². The molecular formula is C27H30ClN3O3S. The van der Waals surface area contributed by atoms with Crippen molar-refractivity contribution in [3.8, 4) is 0 Å². The third kappa shape index (κ3) is 5.26. The van der Waals surface area contributed by atoms with Gasteiger partial charge in [-0.15, -0.1) is 0 Å². The molecule has 1 N–H and O–H groups in total. The molecule has 4 rings (SSSR count). The number of nitrogens with zero attached hydrogens (tertiary/aromatic N) is 2. The average molecular weight is 512 g/mol. The molecule has 0 saturated carbocycles. The molecule has 2 aromatic carbocycles. The Morgan fingerprint density at radius 2 is 1.97 bits per heavy atom. The summed E-state index contributed by atoms with van der Waals surface area (Å²) in [6.45, 7) is 10.8. The van der Waals surface area contributed by atoms with Crippen LogP contribution in [0.1, 0.15) is 58.1 Å². The van der Waals surface area contributed by atoms with E-state index in [0.717, 1.165) is 28.6 Å². The molecule has 1 saturated heterocycles. The zero-order chi connectivity index (χ0) is 25.5. The van der Waals surface area contributed by atoms with Crippen molar-refractivity contribution in [1.29, 1.82) is 0 Å². The Kier molecular flexibility index (Phi) is 7.02. The third-order valence-electron chi connectivity index (χ3n) is 6.40. The first-order valence-electron chi connectivity index (χ1n) is 11.7. The summed E-state index contributed by atoms with van der Waals surface area (Å²) < 4.78 is 0. The Hall–Kier alpha value is -2.77. The fourth-order valence-electron chi connectivity index (χ4n) is 5.24. The van der Waals surface area contributed by atoms with Gasteiger partial charge in [-0.3, -0.25) is 19.3 Å². The Morgan fingerprint density at radius 3 is 2.66 bits per heavy atom. The molecule has 8 heteroatoms. The summed E-state index contributed by atoms with van der Waals surface area (Å²) in [5.41, 5.74) is 3.88. The number of hydrogen-bond donors (Lipinski definition) is 1. The molecule has 1 unspecified atom stereocenters. The molecule has 0 aliphatic carbocycles. The summed E-state index contributed by atoms with van der Waals surface area (Å²) in [6, 6.07) is 13.3. The second-order valence-electron chi connectivity index (χ2n) is 10.0. The van der Waals surface area contributed by atoms with Crippen molar-refractivity contribution in [2.45, 2.75) is 58.5 Å². The highest BCUT2D eigenvalue weighted by atomic mass is 35.5. The molecule has 1 fully saturated rings. The van der Waals surface area contributed by atoms with Crippen LogP contribution in [0.15, 0.2) is 47.4 Å².